The Hall–Kier alpha value is -3.06. The first-order chi connectivity index (χ1) is 12.6. The van der Waals surface area contributed by atoms with E-state index in [0.717, 1.165) is 11.3 Å². The molecule has 2 rings (SSSR count). The Kier molecular flexibility index (Phi) is 7.45. The molecule has 0 aliphatic heterocycles. The van der Waals surface area contributed by atoms with Gasteiger partial charge in [0.05, 0.1) is 13.7 Å². The molecule has 0 saturated heterocycles. The average Bonchev–Trinajstić information content (AvgIpc) is 2.65. The van der Waals surface area contributed by atoms with Crippen molar-refractivity contribution in [2.75, 3.05) is 19.0 Å². The zero-order chi connectivity index (χ0) is 18.8. The van der Waals surface area contributed by atoms with E-state index in [0.29, 0.717) is 12.1 Å². The number of para-hydroxylation sites is 1. The van der Waals surface area contributed by atoms with Crippen LogP contribution in [0.25, 0.3) is 0 Å². The van der Waals surface area contributed by atoms with E-state index >= 15 is 0 Å². The van der Waals surface area contributed by atoms with E-state index in [-0.39, 0.29) is 19.1 Å². The first-order valence-corrected chi connectivity index (χ1v) is 8.22. The molecule has 0 aliphatic carbocycles. The Morgan fingerprint density at radius 2 is 1.77 bits per heavy atom. The molecule has 1 unspecified atom stereocenters. The molecule has 0 spiro atoms. The lowest BCUT2D eigenvalue weighted by molar-refractivity contribution is -0.128. The number of nitrogens with two attached hydrogens (primary N) is 1. The van der Waals surface area contributed by atoms with E-state index < -0.39 is 12.1 Å². The molecule has 0 saturated carbocycles. The van der Waals surface area contributed by atoms with Gasteiger partial charge in [0.15, 0.2) is 0 Å². The maximum atomic E-state index is 12.5. The minimum Gasteiger partial charge on any atom is -0.497 e. The lowest BCUT2D eigenvalue weighted by Crippen LogP contribution is -2.36. The third kappa shape index (κ3) is 6.45. The standard InChI is InChI=1S/C19H23N3O4/c1-25-16-9-7-14(8-10-16)13-26-17(11-12-21-19(20)24)18(23)22-15-5-3-2-4-6-15/h2-10,17H,11-13H2,1H3,(H,22,23)(H3,20,21,24). The minimum atomic E-state index is -0.732. The number of rotatable bonds is 9. The second kappa shape index (κ2) is 10.0. The van der Waals surface area contributed by atoms with Gasteiger partial charge in [-0.05, 0) is 29.8 Å². The van der Waals surface area contributed by atoms with Crippen molar-refractivity contribution in [1.29, 1.82) is 0 Å². The summed E-state index contributed by atoms with van der Waals surface area (Å²) in [5.41, 5.74) is 6.65. The van der Waals surface area contributed by atoms with Crippen LogP contribution in [-0.4, -0.2) is 31.7 Å². The largest absolute Gasteiger partial charge is 0.497 e. The Labute approximate surface area is 152 Å². The van der Waals surface area contributed by atoms with Crippen molar-refractivity contribution >= 4 is 17.6 Å². The zero-order valence-corrected chi connectivity index (χ0v) is 14.6. The van der Waals surface area contributed by atoms with Crippen LogP contribution in [0.1, 0.15) is 12.0 Å². The molecule has 1 atom stereocenters. The van der Waals surface area contributed by atoms with Crippen molar-refractivity contribution < 1.29 is 19.1 Å². The predicted molar refractivity (Wildman–Crippen MR) is 98.8 cm³/mol. The highest BCUT2D eigenvalue weighted by atomic mass is 16.5. The van der Waals surface area contributed by atoms with Crippen molar-refractivity contribution in [2.45, 2.75) is 19.1 Å². The SMILES string of the molecule is COc1ccc(COC(CCNC(N)=O)C(=O)Nc2ccccc2)cc1. The zero-order valence-electron chi connectivity index (χ0n) is 14.6. The van der Waals surface area contributed by atoms with Gasteiger partial charge >= 0.3 is 6.03 Å². The number of anilines is 1. The first-order valence-electron chi connectivity index (χ1n) is 8.22. The maximum absolute atomic E-state index is 12.5. The molecular formula is C19H23N3O4. The van der Waals surface area contributed by atoms with Gasteiger partial charge in [0.2, 0.25) is 0 Å². The summed E-state index contributed by atoms with van der Waals surface area (Å²) in [6.07, 6.45) is -0.429. The quantitative estimate of drug-likeness (QED) is 0.640. The van der Waals surface area contributed by atoms with Crippen LogP contribution in [0.5, 0.6) is 5.75 Å². The van der Waals surface area contributed by atoms with Gasteiger partial charge in [-0.15, -0.1) is 0 Å². The van der Waals surface area contributed by atoms with E-state index in [9.17, 15) is 9.59 Å². The smallest absolute Gasteiger partial charge is 0.312 e. The molecule has 7 nitrogen and oxygen atoms in total. The topological polar surface area (TPSA) is 103 Å². The van der Waals surface area contributed by atoms with Crippen molar-refractivity contribution in [2.24, 2.45) is 5.73 Å². The number of hydrogen-bond donors (Lipinski definition) is 3. The fraction of sp³-hybridized carbons (Fsp3) is 0.263. The summed E-state index contributed by atoms with van der Waals surface area (Å²) < 4.78 is 10.9. The molecule has 0 radical (unpaired) electrons. The van der Waals surface area contributed by atoms with E-state index in [2.05, 4.69) is 10.6 Å². The number of primary amides is 1. The molecule has 0 aliphatic rings. The van der Waals surface area contributed by atoms with Crippen molar-refractivity contribution in [3.8, 4) is 5.75 Å². The highest BCUT2D eigenvalue weighted by molar-refractivity contribution is 5.94. The number of methoxy groups -OCH3 is 1. The second-order valence-electron chi connectivity index (χ2n) is 5.58. The third-order valence-corrected chi connectivity index (χ3v) is 3.65. The fourth-order valence-electron chi connectivity index (χ4n) is 2.28. The van der Waals surface area contributed by atoms with E-state index in [1.165, 1.54) is 0 Å². The number of nitrogens with one attached hydrogen (secondary N) is 2. The number of amides is 3. The van der Waals surface area contributed by atoms with Gasteiger partial charge in [-0.1, -0.05) is 30.3 Å². The summed E-state index contributed by atoms with van der Waals surface area (Å²) in [6.45, 7) is 0.498. The molecule has 0 fully saturated rings. The highest BCUT2D eigenvalue weighted by Gasteiger charge is 2.19. The number of carbonyl (C=O) groups is 2. The van der Waals surface area contributed by atoms with Gasteiger partial charge in [-0.3, -0.25) is 4.79 Å². The van der Waals surface area contributed by atoms with E-state index in [1.807, 2.05) is 42.5 Å². The molecule has 4 N–H and O–H groups in total. The van der Waals surface area contributed by atoms with E-state index in [4.69, 9.17) is 15.2 Å². The van der Waals surface area contributed by atoms with Crippen LogP contribution in [0.3, 0.4) is 0 Å². The Balaban J connectivity index is 1.96. The Morgan fingerprint density at radius 3 is 2.38 bits per heavy atom. The summed E-state index contributed by atoms with van der Waals surface area (Å²) in [4.78, 5) is 23.3. The van der Waals surface area contributed by atoms with Crippen LogP contribution in [-0.2, 0) is 16.1 Å². The van der Waals surface area contributed by atoms with Crippen molar-refractivity contribution in [3.05, 3.63) is 60.2 Å². The van der Waals surface area contributed by atoms with Crippen molar-refractivity contribution in [1.82, 2.24) is 5.32 Å². The van der Waals surface area contributed by atoms with Crippen LogP contribution in [0, 0.1) is 0 Å². The summed E-state index contributed by atoms with van der Waals surface area (Å²) in [5.74, 6) is 0.466. The molecule has 7 heteroatoms. The van der Waals surface area contributed by atoms with Gasteiger partial charge in [-0.2, -0.15) is 0 Å². The summed E-state index contributed by atoms with van der Waals surface area (Å²) in [7, 11) is 1.60. The predicted octanol–water partition coefficient (Wildman–Crippen LogP) is 2.28. The maximum Gasteiger partial charge on any atom is 0.312 e. The number of urea groups is 1. The molecule has 138 valence electrons. The summed E-state index contributed by atoms with van der Waals surface area (Å²) >= 11 is 0. The molecular weight excluding hydrogens is 334 g/mol. The average molecular weight is 357 g/mol. The lowest BCUT2D eigenvalue weighted by atomic mass is 10.2. The highest BCUT2D eigenvalue weighted by Crippen LogP contribution is 2.14. The second-order valence-corrected chi connectivity index (χ2v) is 5.58. The molecule has 0 aromatic heterocycles. The van der Waals surface area contributed by atoms with E-state index in [1.54, 1.807) is 19.2 Å². The first kappa shape index (κ1) is 19.3. The monoisotopic (exact) mass is 357 g/mol. The summed E-state index contributed by atoms with van der Waals surface area (Å²) in [6, 6.07) is 15.9. The molecule has 3 amide bonds. The summed E-state index contributed by atoms with van der Waals surface area (Å²) in [5, 5.41) is 5.28. The molecule has 2 aromatic rings. The molecule has 0 bridgehead atoms. The molecule has 0 heterocycles. The van der Waals surface area contributed by atoms with Crippen LogP contribution >= 0.6 is 0 Å². The van der Waals surface area contributed by atoms with Crippen LogP contribution in [0.4, 0.5) is 10.5 Å². The van der Waals surface area contributed by atoms with Gasteiger partial charge < -0.3 is 25.8 Å². The lowest BCUT2D eigenvalue weighted by Gasteiger charge is -2.18. The van der Waals surface area contributed by atoms with Gasteiger partial charge in [0.25, 0.3) is 5.91 Å². The number of ether oxygens (including phenoxy) is 2. The number of benzene rings is 2. The van der Waals surface area contributed by atoms with Crippen LogP contribution < -0.4 is 21.1 Å². The van der Waals surface area contributed by atoms with Gasteiger partial charge in [0.1, 0.15) is 11.9 Å². The van der Waals surface area contributed by atoms with Gasteiger partial charge in [-0.25, -0.2) is 4.79 Å². The normalized spacial score (nSPS) is 11.4. The Morgan fingerprint density at radius 1 is 1.08 bits per heavy atom. The fourth-order valence-corrected chi connectivity index (χ4v) is 2.28. The van der Waals surface area contributed by atoms with Crippen molar-refractivity contribution in [3.63, 3.8) is 0 Å². The minimum absolute atomic E-state index is 0.241. The number of hydrogen-bond acceptors (Lipinski definition) is 4. The van der Waals surface area contributed by atoms with Crippen LogP contribution in [0.2, 0.25) is 0 Å². The Bertz CT molecular complexity index is 704. The van der Waals surface area contributed by atoms with Crippen LogP contribution in [0.15, 0.2) is 54.6 Å². The molecule has 26 heavy (non-hydrogen) atoms. The third-order valence-electron chi connectivity index (χ3n) is 3.65. The molecule has 2 aromatic carbocycles. The number of carbonyl (C=O) groups excluding carboxylic acids is 2. The van der Waals surface area contributed by atoms with Gasteiger partial charge in [0, 0.05) is 18.7 Å².